The number of hydrogen-bond donors (Lipinski definition) is 1. The quantitative estimate of drug-likeness (QED) is 0.733. The van der Waals surface area contributed by atoms with E-state index in [1.165, 1.54) is 45.7 Å². The number of hydrogen-bond acceptors (Lipinski definition) is 3. The first kappa shape index (κ1) is 15.9. The van der Waals surface area contributed by atoms with Gasteiger partial charge in [-0.1, -0.05) is 13.8 Å². The first-order chi connectivity index (χ1) is 8.37. The Kier molecular flexibility index (Phi) is 6.61. The molecule has 3 heteroatoms. The van der Waals surface area contributed by atoms with Gasteiger partial charge in [0, 0.05) is 38.3 Å². The number of nitrogens with one attached hydrogen (secondary N) is 1. The number of nitrogens with zero attached hydrogens (tertiary/aromatic N) is 2. The van der Waals surface area contributed by atoms with E-state index in [2.05, 4.69) is 49.7 Å². The lowest BCUT2D eigenvalue weighted by atomic mass is 10.1. The number of piperazine rings is 1. The molecule has 0 aromatic rings. The van der Waals surface area contributed by atoms with E-state index >= 15 is 0 Å². The maximum Gasteiger partial charge on any atom is 0.0110 e. The van der Waals surface area contributed by atoms with E-state index in [1.54, 1.807) is 0 Å². The van der Waals surface area contributed by atoms with Crippen molar-refractivity contribution >= 4 is 0 Å². The van der Waals surface area contributed by atoms with Gasteiger partial charge in [0.15, 0.2) is 0 Å². The third kappa shape index (κ3) is 7.34. The fourth-order valence-electron chi connectivity index (χ4n) is 2.48. The van der Waals surface area contributed by atoms with Crippen LogP contribution in [0, 0.1) is 5.92 Å². The lowest BCUT2D eigenvalue weighted by molar-refractivity contribution is 0.121. The summed E-state index contributed by atoms with van der Waals surface area (Å²) in [6.07, 6.45) is 1.27. The van der Waals surface area contributed by atoms with E-state index in [0.29, 0.717) is 0 Å². The largest absolute Gasteiger partial charge is 0.312 e. The van der Waals surface area contributed by atoms with Crippen LogP contribution in [0.5, 0.6) is 0 Å². The van der Waals surface area contributed by atoms with Gasteiger partial charge in [0.2, 0.25) is 0 Å². The van der Waals surface area contributed by atoms with Crippen molar-refractivity contribution in [1.82, 2.24) is 15.1 Å². The third-order valence-corrected chi connectivity index (χ3v) is 3.39. The molecule has 18 heavy (non-hydrogen) atoms. The molecule has 0 bridgehead atoms. The highest BCUT2D eigenvalue weighted by molar-refractivity contribution is 4.74. The minimum atomic E-state index is 0.260. The summed E-state index contributed by atoms with van der Waals surface area (Å²) in [4.78, 5) is 5.22. The predicted octanol–water partition coefficient (Wildman–Crippen LogP) is 2.04. The molecule has 0 amide bonds. The van der Waals surface area contributed by atoms with Crippen molar-refractivity contribution in [3.05, 3.63) is 0 Å². The molecule has 0 unspecified atom stereocenters. The van der Waals surface area contributed by atoms with Crippen LogP contribution in [0.2, 0.25) is 0 Å². The van der Waals surface area contributed by atoms with Gasteiger partial charge in [-0.2, -0.15) is 0 Å². The van der Waals surface area contributed by atoms with Crippen molar-refractivity contribution in [1.29, 1.82) is 0 Å². The fraction of sp³-hybridized carbons (Fsp3) is 1.00. The van der Waals surface area contributed by atoms with Crippen molar-refractivity contribution in [2.75, 3.05) is 45.8 Å². The highest BCUT2D eigenvalue weighted by Crippen LogP contribution is 2.06. The minimum absolute atomic E-state index is 0.260. The van der Waals surface area contributed by atoms with Gasteiger partial charge >= 0.3 is 0 Å². The molecule has 1 aliphatic heterocycles. The maximum absolute atomic E-state index is 3.56. The Morgan fingerprint density at radius 1 is 1.00 bits per heavy atom. The summed E-state index contributed by atoms with van der Waals surface area (Å²) < 4.78 is 0. The van der Waals surface area contributed by atoms with E-state index < -0.39 is 0 Å². The molecule has 3 nitrogen and oxygen atoms in total. The fourth-order valence-corrected chi connectivity index (χ4v) is 2.48. The summed E-state index contributed by atoms with van der Waals surface area (Å²) >= 11 is 0. The molecule has 1 N–H and O–H groups in total. The lowest BCUT2D eigenvalue weighted by Crippen LogP contribution is -2.48. The Morgan fingerprint density at radius 2 is 1.56 bits per heavy atom. The Labute approximate surface area is 114 Å². The van der Waals surface area contributed by atoms with Crippen molar-refractivity contribution in [2.45, 2.75) is 46.6 Å². The van der Waals surface area contributed by atoms with Crippen LogP contribution in [-0.4, -0.2) is 61.2 Å². The van der Waals surface area contributed by atoms with Crippen LogP contribution in [0.3, 0.4) is 0 Å². The molecule has 0 radical (unpaired) electrons. The summed E-state index contributed by atoms with van der Waals surface area (Å²) in [6.45, 7) is 20.0. The molecule has 1 saturated heterocycles. The third-order valence-electron chi connectivity index (χ3n) is 3.39. The Hall–Kier alpha value is -0.120. The van der Waals surface area contributed by atoms with E-state index in [9.17, 15) is 0 Å². The van der Waals surface area contributed by atoms with Gasteiger partial charge in [-0.3, -0.25) is 0 Å². The summed E-state index contributed by atoms with van der Waals surface area (Å²) in [6, 6.07) is 0. The van der Waals surface area contributed by atoms with Crippen LogP contribution in [0.25, 0.3) is 0 Å². The molecule has 108 valence electrons. The highest BCUT2D eigenvalue weighted by atomic mass is 15.3. The van der Waals surface area contributed by atoms with Gasteiger partial charge < -0.3 is 15.1 Å². The van der Waals surface area contributed by atoms with Gasteiger partial charge in [-0.15, -0.1) is 0 Å². The molecular formula is C15H33N3. The van der Waals surface area contributed by atoms with Crippen LogP contribution in [0.1, 0.15) is 41.0 Å². The molecule has 0 aliphatic carbocycles. The standard InChI is InChI=1S/C15H33N3/c1-14(2)13-18-11-9-17(10-12-18)8-6-7-16-15(3,4)5/h14,16H,6-13H2,1-5H3. The molecule has 1 heterocycles. The number of rotatable bonds is 6. The minimum Gasteiger partial charge on any atom is -0.312 e. The van der Waals surface area contributed by atoms with Crippen molar-refractivity contribution in [3.8, 4) is 0 Å². The summed E-state index contributed by atoms with van der Waals surface area (Å²) in [5.74, 6) is 0.799. The summed E-state index contributed by atoms with van der Waals surface area (Å²) in [5.41, 5.74) is 0.260. The van der Waals surface area contributed by atoms with Crippen LogP contribution in [0.4, 0.5) is 0 Å². The molecule has 1 fully saturated rings. The van der Waals surface area contributed by atoms with Crippen molar-refractivity contribution < 1.29 is 0 Å². The molecule has 1 aliphatic rings. The Bertz CT molecular complexity index is 212. The molecule has 0 aromatic carbocycles. The second kappa shape index (κ2) is 7.46. The average molecular weight is 255 g/mol. The van der Waals surface area contributed by atoms with Gasteiger partial charge in [0.25, 0.3) is 0 Å². The normalized spacial score (nSPS) is 19.7. The molecule has 0 atom stereocenters. The summed E-state index contributed by atoms with van der Waals surface area (Å²) in [5, 5.41) is 3.56. The SMILES string of the molecule is CC(C)CN1CCN(CCCNC(C)(C)C)CC1. The maximum atomic E-state index is 3.56. The second-order valence-electron chi connectivity index (χ2n) is 7.07. The van der Waals surface area contributed by atoms with Crippen molar-refractivity contribution in [3.63, 3.8) is 0 Å². The first-order valence-electron chi connectivity index (χ1n) is 7.56. The monoisotopic (exact) mass is 255 g/mol. The van der Waals surface area contributed by atoms with Gasteiger partial charge in [-0.05, 0) is 46.2 Å². The van der Waals surface area contributed by atoms with Crippen molar-refractivity contribution in [2.24, 2.45) is 5.92 Å². The van der Waals surface area contributed by atoms with Gasteiger partial charge in [-0.25, -0.2) is 0 Å². The van der Waals surface area contributed by atoms with Crippen LogP contribution in [0.15, 0.2) is 0 Å². The highest BCUT2D eigenvalue weighted by Gasteiger charge is 2.17. The zero-order chi connectivity index (χ0) is 13.6. The van der Waals surface area contributed by atoms with Crippen LogP contribution >= 0.6 is 0 Å². The van der Waals surface area contributed by atoms with E-state index in [4.69, 9.17) is 0 Å². The Balaban J connectivity index is 2.05. The molecule has 1 rings (SSSR count). The van der Waals surface area contributed by atoms with Gasteiger partial charge in [0.1, 0.15) is 0 Å². The van der Waals surface area contributed by atoms with E-state index in [-0.39, 0.29) is 5.54 Å². The van der Waals surface area contributed by atoms with Gasteiger partial charge in [0.05, 0.1) is 0 Å². The smallest absolute Gasteiger partial charge is 0.0110 e. The Morgan fingerprint density at radius 3 is 2.06 bits per heavy atom. The topological polar surface area (TPSA) is 18.5 Å². The molecule has 0 saturated carbocycles. The zero-order valence-corrected chi connectivity index (χ0v) is 13.1. The molecule has 0 aromatic heterocycles. The average Bonchev–Trinajstić information content (AvgIpc) is 2.24. The van der Waals surface area contributed by atoms with E-state index in [0.717, 1.165) is 12.5 Å². The van der Waals surface area contributed by atoms with E-state index in [1.807, 2.05) is 0 Å². The zero-order valence-electron chi connectivity index (χ0n) is 13.1. The predicted molar refractivity (Wildman–Crippen MR) is 80.1 cm³/mol. The first-order valence-corrected chi connectivity index (χ1v) is 7.56. The lowest BCUT2D eigenvalue weighted by Gasteiger charge is -2.35. The van der Waals surface area contributed by atoms with Crippen LogP contribution in [-0.2, 0) is 0 Å². The molecule has 0 spiro atoms. The second-order valence-corrected chi connectivity index (χ2v) is 7.07. The summed E-state index contributed by atoms with van der Waals surface area (Å²) in [7, 11) is 0. The molecular weight excluding hydrogens is 222 g/mol. The van der Waals surface area contributed by atoms with Crippen LogP contribution < -0.4 is 5.32 Å².